The van der Waals surface area contributed by atoms with E-state index in [1.807, 2.05) is 0 Å². The van der Waals surface area contributed by atoms with E-state index in [1.54, 1.807) is 0 Å². The molecule has 1 saturated carbocycles. The number of piperidine rings is 1. The van der Waals surface area contributed by atoms with Crippen LogP contribution in [0, 0.1) is 5.92 Å². The maximum absolute atomic E-state index is 8.96. The number of likely N-dealkylation sites (tertiary alicyclic amines) is 1. The van der Waals surface area contributed by atoms with Gasteiger partial charge in [-0.05, 0) is 32.2 Å². The summed E-state index contributed by atoms with van der Waals surface area (Å²) in [6.07, 6.45) is 3.93. The Kier molecular flexibility index (Phi) is 1.46. The Labute approximate surface area is 61.8 Å². The summed E-state index contributed by atoms with van der Waals surface area (Å²) in [5.74, 6) is 0.979. The number of aliphatic hydroxyl groups excluding tert-OH is 1. The van der Waals surface area contributed by atoms with Crippen LogP contribution in [0.3, 0.4) is 0 Å². The summed E-state index contributed by atoms with van der Waals surface area (Å²) in [5, 5.41) is 8.96. The van der Waals surface area contributed by atoms with Crippen molar-refractivity contribution in [2.24, 2.45) is 5.92 Å². The van der Waals surface area contributed by atoms with Crippen LogP contribution in [-0.2, 0) is 0 Å². The minimum Gasteiger partial charge on any atom is -0.395 e. The molecule has 58 valence electrons. The fourth-order valence-electron chi connectivity index (χ4n) is 2.14. The maximum Gasteiger partial charge on any atom is 0.0586 e. The molecule has 0 aromatic heterocycles. The van der Waals surface area contributed by atoms with Crippen LogP contribution in [0.5, 0.6) is 0 Å². The van der Waals surface area contributed by atoms with E-state index in [4.69, 9.17) is 5.11 Å². The first kappa shape index (κ1) is 6.62. The molecule has 1 aliphatic carbocycles. The predicted octanol–water partition coefficient (Wildman–Crippen LogP) is 0.461. The van der Waals surface area contributed by atoms with Gasteiger partial charge in [0, 0.05) is 12.1 Å². The van der Waals surface area contributed by atoms with Gasteiger partial charge in [0.2, 0.25) is 0 Å². The molecule has 10 heavy (non-hydrogen) atoms. The Hall–Kier alpha value is -0.0800. The van der Waals surface area contributed by atoms with Gasteiger partial charge < -0.3 is 5.11 Å². The molecule has 1 saturated heterocycles. The molecule has 1 N–H and O–H groups in total. The SMILES string of the molecule is CN1C2CC2CC[C@H]1CO. The Balaban J connectivity index is 1.97. The van der Waals surface area contributed by atoms with E-state index in [1.165, 1.54) is 19.3 Å². The molecule has 2 unspecified atom stereocenters. The van der Waals surface area contributed by atoms with Crippen LogP contribution in [0.25, 0.3) is 0 Å². The van der Waals surface area contributed by atoms with Gasteiger partial charge in [-0.15, -0.1) is 0 Å². The molecule has 2 nitrogen and oxygen atoms in total. The lowest BCUT2D eigenvalue weighted by Crippen LogP contribution is -2.39. The van der Waals surface area contributed by atoms with Gasteiger partial charge in [0.15, 0.2) is 0 Å². The monoisotopic (exact) mass is 141 g/mol. The van der Waals surface area contributed by atoms with Gasteiger partial charge in [-0.2, -0.15) is 0 Å². The van der Waals surface area contributed by atoms with Gasteiger partial charge in [0.1, 0.15) is 0 Å². The Bertz CT molecular complexity index is 137. The highest BCUT2D eigenvalue weighted by Crippen LogP contribution is 2.44. The van der Waals surface area contributed by atoms with Gasteiger partial charge in [-0.1, -0.05) is 0 Å². The molecule has 0 spiro atoms. The van der Waals surface area contributed by atoms with Crippen LogP contribution in [0.15, 0.2) is 0 Å². The molecule has 0 aromatic rings. The van der Waals surface area contributed by atoms with E-state index in [2.05, 4.69) is 11.9 Å². The summed E-state index contributed by atoms with van der Waals surface area (Å²) in [5.41, 5.74) is 0. The molecule has 2 fully saturated rings. The highest BCUT2D eigenvalue weighted by atomic mass is 16.3. The fraction of sp³-hybridized carbons (Fsp3) is 1.00. The molecule has 0 amide bonds. The summed E-state index contributed by atoms with van der Waals surface area (Å²) >= 11 is 0. The second kappa shape index (κ2) is 2.21. The molecule has 2 rings (SSSR count). The smallest absolute Gasteiger partial charge is 0.0586 e. The van der Waals surface area contributed by atoms with Gasteiger partial charge in [-0.25, -0.2) is 0 Å². The van der Waals surface area contributed by atoms with Crippen molar-refractivity contribution in [3.63, 3.8) is 0 Å². The van der Waals surface area contributed by atoms with Crippen LogP contribution >= 0.6 is 0 Å². The molecular weight excluding hydrogens is 126 g/mol. The van der Waals surface area contributed by atoms with E-state index in [-0.39, 0.29) is 0 Å². The number of nitrogens with zero attached hydrogens (tertiary/aromatic N) is 1. The summed E-state index contributed by atoms with van der Waals surface area (Å²) < 4.78 is 0. The second-order valence-corrected chi connectivity index (χ2v) is 3.64. The number of fused-ring (bicyclic) bond motifs is 1. The number of likely N-dealkylation sites (N-methyl/N-ethyl adjacent to an activating group) is 1. The lowest BCUT2D eigenvalue weighted by atomic mass is 10.0. The van der Waals surface area contributed by atoms with Crippen molar-refractivity contribution in [3.8, 4) is 0 Å². The molecular formula is C8H15NO. The van der Waals surface area contributed by atoms with Gasteiger partial charge in [-0.3, -0.25) is 4.90 Å². The van der Waals surface area contributed by atoms with Crippen LogP contribution in [0.2, 0.25) is 0 Å². The third-order valence-corrected chi connectivity index (χ3v) is 3.07. The highest BCUT2D eigenvalue weighted by molar-refractivity contribution is 5.00. The van der Waals surface area contributed by atoms with Crippen LogP contribution in [-0.4, -0.2) is 35.7 Å². The van der Waals surface area contributed by atoms with Gasteiger partial charge in [0.05, 0.1) is 6.61 Å². The molecule has 1 aliphatic heterocycles. The van der Waals surface area contributed by atoms with Crippen molar-refractivity contribution < 1.29 is 5.11 Å². The maximum atomic E-state index is 8.96. The summed E-state index contributed by atoms with van der Waals surface area (Å²) in [4.78, 5) is 2.36. The highest BCUT2D eigenvalue weighted by Gasteiger charge is 2.45. The lowest BCUT2D eigenvalue weighted by molar-refractivity contribution is 0.107. The van der Waals surface area contributed by atoms with Crippen molar-refractivity contribution in [3.05, 3.63) is 0 Å². The van der Waals surface area contributed by atoms with Crippen molar-refractivity contribution in [2.45, 2.75) is 31.3 Å². The third kappa shape index (κ3) is 0.867. The first-order valence-electron chi connectivity index (χ1n) is 4.15. The fourth-order valence-corrected chi connectivity index (χ4v) is 2.14. The lowest BCUT2D eigenvalue weighted by Gasteiger charge is -2.30. The largest absolute Gasteiger partial charge is 0.395 e. The molecule has 1 heterocycles. The minimum atomic E-state index is 0.347. The van der Waals surface area contributed by atoms with E-state index >= 15 is 0 Å². The van der Waals surface area contributed by atoms with Gasteiger partial charge in [0.25, 0.3) is 0 Å². The zero-order chi connectivity index (χ0) is 7.14. The third-order valence-electron chi connectivity index (χ3n) is 3.07. The summed E-state index contributed by atoms with van der Waals surface area (Å²) in [6, 6.07) is 1.29. The normalized spacial score (nSPS) is 46.8. The molecule has 2 aliphatic rings. The minimum absolute atomic E-state index is 0.347. The topological polar surface area (TPSA) is 23.5 Å². The average Bonchev–Trinajstić information content (AvgIpc) is 2.68. The summed E-state index contributed by atoms with van der Waals surface area (Å²) in [6.45, 7) is 0.347. The van der Waals surface area contributed by atoms with Crippen molar-refractivity contribution in [1.82, 2.24) is 4.90 Å². The number of rotatable bonds is 1. The standard InChI is InChI=1S/C8H15NO/c1-9-7(5-10)3-2-6-4-8(6)9/h6-8,10H,2-5H2,1H3/t6?,7-,8?/m0/s1. The Morgan fingerprint density at radius 2 is 2.30 bits per heavy atom. The van der Waals surface area contributed by atoms with Crippen molar-refractivity contribution in [2.75, 3.05) is 13.7 Å². The molecule has 0 bridgehead atoms. The quantitative estimate of drug-likeness (QED) is 0.573. The van der Waals surface area contributed by atoms with E-state index in [9.17, 15) is 0 Å². The first-order valence-corrected chi connectivity index (χ1v) is 4.15. The van der Waals surface area contributed by atoms with Crippen molar-refractivity contribution >= 4 is 0 Å². The van der Waals surface area contributed by atoms with Crippen molar-refractivity contribution in [1.29, 1.82) is 0 Å². The zero-order valence-corrected chi connectivity index (χ0v) is 6.45. The number of aliphatic hydroxyl groups is 1. The zero-order valence-electron chi connectivity index (χ0n) is 6.45. The summed E-state index contributed by atoms with van der Waals surface area (Å²) in [7, 11) is 2.14. The van der Waals surface area contributed by atoms with E-state index in [0.717, 1.165) is 12.0 Å². The van der Waals surface area contributed by atoms with Crippen LogP contribution < -0.4 is 0 Å². The van der Waals surface area contributed by atoms with Gasteiger partial charge >= 0.3 is 0 Å². The first-order chi connectivity index (χ1) is 4.83. The average molecular weight is 141 g/mol. The molecule has 0 radical (unpaired) electrons. The Morgan fingerprint density at radius 3 is 3.00 bits per heavy atom. The predicted molar refractivity (Wildman–Crippen MR) is 39.8 cm³/mol. The molecule has 0 aromatic carbocycles. The van der Waals surface area contributed by atoms with Crippen LogP contribution in [0.4, 0.5) is 0 Å². The van der Waals surface area contributed by atoms with Crippen LogP contribution in [0.1, 0.15) is 19.3 Å². The second-order valence-electron chi connectivity index (χ2n) is 3.64. The molecule has 2 heteroatoms. The number of hydrogen-bond donors (Lipinski definition) is 1. The van der Waals surface area contributed by atoms with E-state index < -0.39 is 0 Å². The molecule has 3 atom stereocenters. The Morgan fingerprint density at radius 1 is 1.50 bits per heavy atom. The van der Waals surface area contributed by atoms with E-state index in [0.29, 0.717) is 12.6 Å². The number of hydrogen-bond acceptors (Lipinski definition) is 2.